The van der Waals surface area contributed by atoms with E-state index in [2.05, 4.69) is 25.2 Å². The third kappa shape index (κ3) is 4.39. The van der Waals surface area contributed by atoms with Crippen LogP contribution in [-0.2, 0) is 11.3 Å². The van der Waals surface area contributed by atoms with Crippen molar-refractivity contribution in [2.45, 2.75) is 45.4 Å². The fraction of sp³-hybridized carbons (Fsp3) is 0.625. The lowest BCUT2D eigenvalue weighted by atomic mass is 10.2. The van der Waals surface area contributed by atoms with Gasteiger partial charge in [0.2, 0.25) is 0 Å². The van der Waals surface area contributed by atoms with Gasteiger partial charge in [-0.05, 0) is 30.5 Å². The zero-order valence-corrected chi connectivity index (χ0v) is 12.6. The normalized spacial score (nSPS) is 18.5. The van der Waals surface area contributed by atoms with Crippen LogP contribution < -0.4 is 14.8 Å². The van der Waals surface area contributed by atoms with Crippen LogP contribution in [0.1, 0.15) is 32.3 Å². The van der Waals surface area contributed by atoms with Gasteiger partial charge in [0.1, 0.15) is 6.61 Å². The van der Waals surface area contributed by atoms with Crippen molar-refractivity contribution in [2.75, 3.05) is 20.3 Å². The Morgan fingerprint density at radius 2 is 2.20 bits per heavy atom. The van der Waals surface area contributed by atoms with Gasteiger partial charge in [-0.2, -0.15) is 0 Å². The Morgan fingerprint density at radius 3 is 2.85 bits per heavy atom. The van der Waals surface area contributed by atoms with Crippen molar-refractivity contribution >= 4 is 0 Å². The number of hydrogen-bond donors (Lipinski definition) is 1. The molecule has 0 bridgehead atoms. The Bertz CT molecular complexity index is 414. The van der Waals surface area contributed by atoms with E-state index in [0.29, 0.717) is 12.6 Å². The van der Waals surface area contributed by atoms with E-state index < -0.39 is 0 Å². The van der Waals surface area contributed by atoms with E-state index in [1.807, 2.05) is 12.1 Å². The largest absolute Gasteiger partial charge is 0.493 e. The molecule has 1 N–H and O–H groups in total. The molecule has 0 saturated carbocycles. The number of methoxy groups -OCH3 is 1. The van der Waals surface area contributed by atoms with E-state index in [1.54, 1.807) is 7.11 Å². The molecule has 4 nitrogen and oxygen atoms in total. The highest BCUT2D eigenvalue weighted by Gasteiger charge is 2.17. The SMILES string of the molecule is COc1cc(CNC(C)C)ccc1OCC1CCCO1. The van der Waals surface area contributed by atoms with Crippen LogP contribution in [0.5, 0.6) is 11.5 Å². The van der Waals surface area contributed by atoms with E-state index in [1.165, 1.54) is 5.56 Å². The highest BCUT2D eigenvalue weighted by atomic mass is 16.5. The highest BCUT2D eigenvalue weighted by molar-refractivity contribution is 5.43. The second-order valence-electron chi connectivity index (χ2n) is 5.47. The topological polar surface area (TPSA) is 39.7 Å². The van der Waals surface area contributed by atoms with Crippen LogP contribution in [0.25, 0.3) is 0 Å². The monoisotopic (exact) mass is 279 g/mol. The molecule has 112 valence electrons. The van der Waals surface area contributed by atoms with Crippen molar-refractivity contribution < 1.29 is 14.2 Å². The van der Waals surface area contributed by atoms with Gasteiger partial charge in [0, 0.05) is 19.2 Å². The molecule has 0 aromatic heterocycles. The summed E-state index contributed by atoms with van der Waals surface area (Å²) in [6.45, 7) is 6.55. The first-order valence-electron chi connectivity index (χ1n) is 7.33. The van der Waals surface area contributed by atoms with Gasteiger partial charge in [-0.15, -0.1) is 0 Å². The minimum absolute atomic E-state index is 0.224. The molecule has 1 heterocycles. The lowest BCUT2D eigenvalue weighted by Crippen LogP contribution is -2.21. The lowest BCUT2D eigenvalue weighted by Gasteiger charge is -2.15. The Morgan fingerprint density at radius 1 is 1.35 bits per heavy atom. The third-order valence-electron chi connectivity index (χ3n) is 3.39. The van der Waals surface area contributed by atoms with Crippen LogP contribution in [0.2, 0.25) is 0 Å². The molecule has 1 aromatic rings. The molecule has 1 atom stereocenters. The van der Waals surface area contributed by atoms with Gasteiger partial charge < -0.3 is 19.5 Å². The van der Waals surface area contributed by atoms with Crippen molar-refractivity contribution in [2.24, 2.45) is 0 Å². The molecular weight excluding hydrogens is 254 g/mol. The minimum Gasteiger partial charge on any atom is -0.493 e. The highest BCUT2D eigenvalue weighted by Crippen LogP contribution is 2.29. The molecule has 20 heavy (non-hydrogen) atoms. The van der Waals surface area contributed by atoms with Gasteiger partial charge in [0.25, 0.3) is 0 Å². The average molecular weight is 279 g/mol. The molecule has 2 rings (SSSR count). The molecule has 0 amide bonds. The van der Waals surface area contributed by atoms with Gasteiger partial charge in [-0.1, -0.05) is 19.9 Å². The third-order valence-corrected chi connectivity index (χ3v) is 3.39. The standard InChI is InChI=1S/C16H25NO3/c1-12(2)17-10-13-6-7-15(16(9-13)18-3)20-11-14-5-4-8-19-14/h6-7,9,12,14,17H,4-5,8,10-11H2,1-3H3. The fourth-order valence-electron chi connectivity index (χ4n) is 2.22. The summed E-state index contributed by atoms with van der Waals surface area (Å²) in [4.78, 5) is 0. The van der Waals surface area contributed by atoms with Crippen molar-refractivity contribution in [3.05, 3.63) is 23.8 Å². The maximum atomic E-state index is 5.82. The molecule has 1 aliphatic heterocycles. The van der Waals surface area contributed by atoms with Crippen molar-refractivity contribution in [1.82, 2.24) is 5.32 Å². The number of rotatable bonds is 7. The Balaban J connectivity index is 1.94. The summed E-state index contributed by atoms with van der Waals surface area (Å²) in [6.07, 6.45) is 2.44. The molecular formula is C16H25NO3. The molecule has 1 aliphatic rings. The number of nitrogens with one attached hydrogen (secondary N) is 1. The predicted octanol–water partition coefficient (Wildman–Crippen LogP) is 2.75. The number of hydrogen-bond acceptors (Lipinski definition) is 4. The maximum Gasteiger partial charge on any atom is 0.161 e. The molecule has 0 aliphatic carbocycles. The molecule has 1 aromatic carbocycles. The molecule has 0 radical (unpaired) electrons. The van der Waals surface area contributed by atoms with Crippen molar-refractivity contribution in [1.29, 1.82) is 0 Å². The van der Waals surface area contributed by atoms with Crippen LogP contribution in [-0.4, -0.2) is 32.5 Å². The van der Waals surface area contributed by atoms with Gasteiger partial charge in [0.05, 0.1) is 13.2 Å². The summed E-state index contributed by atoms with van der Waals surface area (Å²) in [6, 6.07) is 6.55. The summed E-state index contributed by atoms with van der Waals surface area (Å²) in [5, 5.41) is 3.39. The summed E-state index contributed by atoms with van der Waals surface area (Å²) >= 11 is 0. The second kappa shape index (κ2) is 7.50. The first-order valence-corrected chi connectivity index (χ1v) is 7.33. The van der Waals surface area contributed by atoms with Crippen molar-refractivity contribution in [3.8, 4) is 11.5 Å². The zero-order chi connectivity index (χ0) is 14.4. The van der Waals surface area contributed by atoms with Gasteiger partial charge >= 0.3 is 0 Å². The van der Waals surface area contributed by atoms with Crippen LogP contribution in [0.15, 0.2) is 18.2 Å². The fourth-order valence-corrected chi connectivity index (χ4v) is 2.22. The maximum absolute atomic E-state index is 5.82. The van der Waals surface area contributed by atoms with Crippen molar-refractivity contribution in [3.63, 3.8) is 0 Å². The molecule has 4 heteroatoms. The summed E-state index contributed by atoms with van der Waals surface area (Å²) < 4.78 is 16.8. The van der Waals surface area contributed by atoms with Crippen LogP contribution in [0.4, 0.5) is 0 Å². The quantitative estimate of drug-likeness (QED) is 0.833. The smallest absolute Gasteiger partial charge is 0.161 e. The van der Waals surface area contributed by atoms with E-state index in [4.69, 9.17) is 14.2 Å². The minimum atomic E-state index is 0.224. The van der Waals surface area contributed by atoms with Gasteiger partial charge in [-0.25, -0.2) is 0 Å². The molecule has 1 saturated heterocycles. The Kier molecular flexibility index (Phi) is 5.68. The van der Waals surface area contributed by atoms with E-state index >= 15 is 0 Å². The lowest BCUT2D eigenvalue weighted by molar-refractivity contribution is 0.0669. The Labute approximate surface area is 121 Å². The second-order valence-corrected chi connectivity index (χ2v) is 5.47. The Hall–Kier alpha value is -1.26. The molecule has 1 unspecified atom stereocenters. The summed E-state index contributed by atoms with van der Waals surface area (Å²) in [7, 11) is 1.67. The van der Waals surface area contributed by atoms with E-state index in [0.717, 1.165) is 37.5 Å². The first kappa shape index (κ1) is 15.1. The zero-order valence-electron chi connectivity index (χ0n) is 12.6. The predicted molar refractivity (Wildman–Crippen MR) is 79.4 cm³/mol. The van der Waals surface area contributed by atoms with E-state index in [9.17, 15) is 0 Å². The number of ether oxygens (including phenoxy) is 3. The summed E-state index contributed by atoms with van der Waals surface area (Å²) in [5.74, 6) is 1.57. The van der Waals surface area contributed by atoms with Gasteiger partial charge in [0.15, 0.2) is 11.5 Å². The van der Waals surface area contributed by atoms with Gasteiger partial charge in [-0.3, -0.25) is 0 Å². The average Bonchev–Trinajstić information content (AvgIpc) is 2.96. The molecule has 0 spiro atoms. The summed E-state index contributed by atoms with van der Waals surface area (Å²) in [5.41, 5.74) is 1.19. The number of benzene rings is 1. The van der Waals surface area contributed by atoms with Crippen LogP contribution >= 0.6 is 0 Å². The van der Waals surface area contributed by atoms with Crippen LogP contribution in [0.3, 0.4) is 0 Å². The first-order chi connectivity index (χ1) is 9.69. The molecule has 1 fully saturated rings. The van der Waals surface area contributed by atoms with E-state index in [-0.39, 0.29) is 6.10 Å². The van der Waals surface area contributed by atoms with Crippen LogP contribution in [0, 0.1) is 0 Å².